The number of halogens is 3. The number of hydrogen-bond donors (Lipinski definition) is 1. The van der Waals surface area contributed by atoms with Gasteiger partial charge in [0, 0.05) is 48.9 Å². The third-order valence-corrected chi connectivity index (χ3v) is 4.87. The molecule has 2 aromatic heterocycles. The summed E-state index contributed by atoms with van der Waals surface area (Å²) in [5.74, 6) is -0.821. The van der Waals surface area contributed by atoms with Crippen LogP contribution in [0.1, 0.15) is 26.7 Å². The van der Waals surface area contributed by atoms with Gasteiger partial charge in [-0.25, -0.2) is 9.78 Å². The Morgan fingerprint density at radius 1 is 1.17 bits per heavy atom. The maximum atomic E-state index is 12.6. The van der Waals surface area contributed by atoms with Crippen LogP contribution in [0.3, 0.4) is 0 Å². The van der Waals surface area contributed by atoms with Gasteiger partial charge in [0.25, 0.3) is 0 Å². The Bertz CT molecular complexity index is 905. The molecule has 2 amide bonds. The number of urea groups is 1. The average Bonchev–Trinajstić information content (AvgIpc) is 3.01. The third kappa shape index (κ3) is 3.85. The van der Waals surface area contributed by atoms with Gasteiger partial charge in [0.05, 0.1) is 0 Å². The van der Waals surface area contributed by atoms with Crippen molar-refractivity contribution in [1.82, 2.24) is 25.3 Å². The molecule has 8 nitrogen and oxygen atoms in total. The third-order valence-electron chi connectivity index (χ3n) is 4.87. The Labute approximate surface area is 165 Å². The summed E-state index contributed by atoms with van der Waals surface area (Å²) in [6, 6.07) is 3.28. The predicted molar refractivity (Wildman–Crippen MR) is 97.0 cm³/mol. The lowest BCUT2D eigenvalue weighted by Gasteiger charge is -2.60. The highest BCUT2D eigenvalue weighted by Crippen LogP contribution is 2.41. The first-order valence-corrected chi connectivity index (χ1v) is 9.14. The highest BCUT2D eigenvalue weighted by atomic mass is 19.4. The Balaban J connectivity index is 1.32. The highest BCUT2D eigenvalue weighted by Gasteiger charge is 2.53. The molecule has 0 radical (unpaired) electrons. The van der Waals surface area contributed by atoms with Crippen molar-refractivity contribution in [3.8, 4) is 11.4 Å². The fourth-order valence-electron chi connectivity index (χ4n) is 3.59. The number of carbonyl (C=O) groups is 1. The maximum Gasteiger partial charge on any atom is 0.471 e. The lowest BCUT2D eigenvalue weighted by atomic mass is 9.73. The van der Waals surface area contributed by atoms with E-state index in [2.05, 4.69) is 29.9 Å². The topological polar surface area (TPSA) is 87.4 Å². The van der Waals surface area contributed by atoms with Crippen LogP contribution in [0.2, 0.25) is 0 Å². The van der Waals surface area contributed by atoms with E-state index < -0.39 is 12.1 Å². The fourth-order valence-corrected chi connectivity index (χ4v) is 3.59. The van der Waals surface area contributed by atoms with Crippen molar-refractivity contribution < 1.29 is 22.5 Å². The summed E-state index contributed by atoms with van der Waals surface area (Å²) in [6.07, 6.45) is -3.25. The SMILES string of the molecule is CC(C)(C)NC(=O)N1CC2(C1)CN(c1ccc(-c3noc(C(F)(F)F)n3)cn1)C2. The first-order chi connectivity index (χ1) is 13.4. The van der Waals surface area contributed by atoms with Gasteiger partial charge in [0.15, 0.2) is 0 Å². The van der Waals surface area contributed by atoms with Gasteiger partial charge >= 0.3 is 18.1 Å². The molecule has 11 heteroatoms. The molecule has 0 bridgehead atoms. The molecule has 0 unspecified atom stereocenters. The van der Waals surface area contributed by atoms with Crippen LogP contribution >= 0.6 is 0 Å². The van der Waals surface area contributed by atoms with E-state index in [0.717, 1.165) is 18.9 Å². The van der Waals surface area contributed by atoms with E-state index in [4.69, 9.17) is 0 Å². The Morgan fingerprint density at radius 3 is 2.38 bits per heavy atom. The van der Waals surface area contributed by atoms with Crippen molar-refractivity contribution in [1.29, 1.82) is 0 Å². The van der Waals surface area contributed by atoms with Crippen molar-refractivity contribution >= 4 is 11.8 Å². The molecule has 0 saturated carbocycles. The molecule has 2 fully saturated rings. The van der Waals surface area contributed by atoms with Crippen LogP contribution in [0.5, 0.6) is 0 Å². The Kier molecular flexibility index (Phi) is 4.25. The van der Waals surface area contributed by atoms with Crippen LogP contribution in [0, 0.1) is 5.41 Å². The van der Waals surface area contributed by atoms with Crippen LogP contribution < -0.4 is 10.2 Å². The zero-order chi connectivity index (χ0) is 21.0. The number of nitrogens with zero attached hydrogens (tertiary/aromatic N) is 5. The number of aromatic nitrogens is 3. The first-order valence-electron chi connectivity index (χ1n) is 9.14. The summed E-state index contributed by atoms with van der Waals surface area (Å²) in [6.45, 7) is 8.79. The van der Waals surface area contributed by atoms with Gasteiger partial charge in [-0.1, -0.05) is 5.16 Å². The van der Waals surface area contributed by atoms with Gasteiger partial charge in [-0.15, -0.1) is 0 Å². The molecule has 4 rings (SSSR count). The van der Waals surface area contributed by atoms with E-state index in [1.165, 1.54) is 6.20 Å². The normalized spacial score (nSPS) is 18.4. The largest absolute Gasteiger partial charge is 0.471 e. The predicted octanol–water partition coefficient (Wildman–Crippen LogP) is 2.78. The monoisotopic (exact) mass is 410 g/mol. The number of alkyl halides is 3. The van der Waals surface area contributed by atoms with Gasteiger partial charge in [-0.05, 0) is 32.9 Å². The summed E-state index contributed by atoms with van der Waals surface area (Å²) >= 11 is 0. The van der Waals surface area contributed by atoms with E-state index in [1.54, 1.807) is 17.0 Å². The van der Waals surface area contributed by atoms with E-state index in [0.29, 0.717) is 18.7 Å². The summed E-state index contributed by atoms with van der Waals surface area (Å²) < 4.78 is 41.9. The summed E-state index contributed by atoms with van der Waals surface area (Å²) in [5, 5.41) is 6.31. The highest BCUT2D eigenvalue weighted by molar-refractivity contribution is 5.76. The van der Waals surface area contributed by atoms with Gasteiger partial charge in [0.2, 0.25) is 5.82 Å². The molecule has 2 aromatic rings. The summed E-state index contributed by atoms with van der Waals surface area (Å²) in [4.78, 5) is 23.7. The number of rotatable bonds is 2. The van der Waals surface area contributed by atoms with Crippen molar-refractivity contribution in [2.24, 2.45) is 5.41 Å². The molecule has 2 saturated heterocycles. The summed E-state index contributed by atoms with van der Waals surface area (Å²) in [7, 11) is 0. The van der Waals surface area contributed by atoms with Crippen molar-refractivity contribution in [3.63, 3.8) is 0 Å². The zero-order valence-corrected chi connectivity index (χ0v) is 16.2. The molecule has 1 spiro atoms. The number of hydrogen-bond acceptors (Lipinski definition) is 6. The molecule has 2 aliphatic rings. The lowest BCUT2D eigenvalue weighted by molar-refractivity contribution is -0.159. The fraction of sp³-hybridized carbons (Fsp3) is 0.556. The molecule has 4 heterocycles. The molecule has 29 heavy (non-hydrogen) atoms. The summed E-state index contributed by atoms with van der Waals surface area (Å²) in [5.41, 5.74) is 0.165. The Morgan fingerprint density at radius 2 is 1.86 bits per heavy atom. The second-order valence-corrected chi connectivity index (χ2v) is 8.72. The second-order valence-electron chi connectivity index (χ2n) is 8.72. The van der Waals surface area contributed by atoms with E-state index >= 15 is 0 Å². The van der Waals surface area contributed by atoms with Crippen molar-refractivity contribution in [2.75, 3.05) is 31.1 Å². The van der Waals surface area contributed by atoms with Gasteiger partial charge in [-0.3, -0.25) is 0 Å². The van der Waals surface area contributed by atoms with Crippen LogP contribution in [-0.4, -0.2) is 57.8 Å². The first kappa shape index (κ1) is 19.5. The van der Waals surface area contributed by atoms with Gasteiger partial charge < -0.3 is 19.6 Å². The van der Waals surface area contributed by atoms with Crippen LogP contribution in [0.25, 0.3) is 11.4 Å². The second kappa shape index (κ2) is 6.33. The van der Waals surface area contributed by atoms with E-state index in [9.17, 15) is 18.0 Å². The quantitative estimate of drug-likeness (QED) is 0.819. The number of likely N-dealkylation sites (tertiary alicyclic amines) is 1. The van der Waals surface area contributed by atoms with Crippen LogP contribution in [0.4, 0.5) is 23.8 Å². The number of nitrogens with one attached hydrogen (secondary N) is 1. The number of carbonyl (C=O) groups excluding carboxylic acids is 1. The molecule has 1 N–H and O–H groups in total. The molecule has 156 valence electrons. The van der Waals surface area contributed by atoms with Crippen molar-refractivity contribution in [2.45, 2.75) is 32.5 Å². The zero-order valence-electron chi connectivity index (χ0n) is 16.2. The molecule has 0 aromatic carbocycles. The molecule has 0 atom stereocenters. The molecule has 0 aliphatic carbocycles. The van der Waals surface area contributed by atoms with E-state index in [1.807, 2.05) is 20.8 Å². The van der Waals surface area contributed by atoms with E-state index in [-0.39, 0.29) is 22.8 Å². The number of anilines is 1. The lowest BCUT2D eigenvalue weighted by Crippen LogP contribution is -2.74. The molecule has 2 aliphatic heterocycles. The number of pyridine rings is 1. The van der Waals surface area contributed by atoms with Crippen LogP contribution in [0.15, 0.2) is 22.9 Å². The Hall–Kier alpha value is -2.85. The van der Waals surface area contributed by atoms with Gasteiger partial charge in [-0.2, -0.15) is 18.2 Å². The van der Waals surface area contributed by atoms with Crippen LogP contribution in [-0.2, 0) is 6.18 Å². The van der Waals surface area contributed by atoms with Gasteiger partial charge in [0.1, 0.15) is 5.82 Å². The maximum absolute atomic E-state index is 12.6. The molecular formula is C18H21F3N6O2. The minimum absolute atomic E-state index is 0.0533. The minimum atomic E-state index is -4.68. The smallest absolute Gasteiger partial charge is 0.355 e. The van der Waals surface area contributed by atoms with Crippen molar-refractivity contribution in [3.05, 3.63) is 24.2 Å². The standard InChI is InChI=1S/C18H21F3N6O2/c1-16(2,3)24-15(28)27-9-17(10-27)7-26(8-17)12-5-4-11(6-22-12)13-23-14(29-25-13)18(19,20)21/h4-6H,7-10H2,1-3H3,(H,24,28). The average molecular weight is 410 g/mol. The number of amides is 2. The minimum Gasteiger partial charge on any atom is -0.355 e. The molecular weight excluding hydrogens is 389 g/mol.